The molecule has 2 heterocycles. The van der Waals surface area contributed by atoms with Gasteiger partial charge < -0.3 is 10.1 Å². The van der Waals surface area contributed by atoms with Gasteiger partial charge >= 0.3 is 0 Å². The Hall–Kier alpha value is -3.24. The number of ether oxygens (including phenoxy) is 1. The summed E-state index contributed by atoms with van der Waals surface area (Å²) in [5.74, 6) is 0.628. The number of amides is 1. The van der Waals surface area contributed by atoms with E-state index in [1.165, 1.54) is 28.7 Å². The molecule has 1 amide bonds. The Morgan fingerprint density at radius 1 is 1.17 bits per heavy atom. The monoisotopic (exact) mass is 438 g/mol. The van der Waals surface area contributed by atoms with E-state index >= 15 is 0 Å². The first-order valence-electron chi connectivity index (χ1n) is 9.06. The topological polar surface area (TPSA) is 94.8 Å². The first-order valence-corrected chi connectivity index (χ1v) is 10.9. The molecule has 30 heavy (non-hydrogen) atoms. The Labute approximate surface area is 181 Å². The van der Waals surface area contributed by atoms with Crippen molar-refractivity contribution in [2.45, 2.75) is 11.6 Å². The molecule has 0 aliphatic heterocycles. The second kappa shape index (κ2) is 9.51. The van der Waals surface area contributed by atoms with Crippen LogP contribution in [0.1, 0.15) is 10.4 Å². The van der Waals surface area contributed by atoms with Gasteiger partial charge in [0.25, 0.3) is 0 Å². The molecule has 2 aromatic heterocycles. The van der Waals surface area contributed by atoms with Crippen LogP contribution in [0.25, 0.3) is 5.69 Å². The summed E-state index contributed by atoms with van der Waals surface area (Å²) in [7, 11) is 1.59. The Kier molecular flexibility index (Phi) is 6.35. The minimum atomic E-state index is -0.171. The van der Waals surface area contributed by atoms with E-state index in [0.29, 0.717) is 21.7 Å². The molecule has 0 unspecified atom stereocenters. The smallest absolute Gasteiger partial charge is 0.236 e. The fourth-order valence-electron chi connectivity index (χ4n) is 2.75. The molecule has 0 atom stereocenters. The molecule has 4 aromatic rings. The van der Waals surface area contributed by atoms with E-state index in [9.17, 15) is 4.79 Å². The van der Waals surface area contributed by atoms with E-state index in [2.05, 4.69) is 38.0 Å². The first kappa shape index (κ1) is 20.0. The Morgan fingerprint density at radius 2 is 1.97 bits per heavy atom. The van der Waals surface area contributed by atoms with Crippen LogP contribution in [0.5, 0.6) is 5.75 Å². The van der Waals surface area contributed by atoms with Gasteiger partial charge in [-0.05, 0) is 28.1 Å². The minimum Gasteiger partial charge on any atom is -0.494 e. The molecule has 1 N–H and O–H groups in total. The number of thiazole rings is 1. The van der Waals surface area contributed by atoms with Gasteiger partial charge in [-0.3, -0.25) is 4.79 Å². The predicted octanol–water partition coefficient (Wildman–Crippen LogP) is 3.45. The number of nitrogens with zero attached hydrogens (tertiary/aromatic N) is 5. The second-order valence-electron chi connectivity index (χ2n) is 6.18. The maximum atomic E-state index is 12.4. The van der Waals surface area contributed by atoms with Crippen LogP contribution in [0.2, 0.25) is 0 Å². The maximum Gasteiger partial charge on any atom is 0.236 e. The number of carbonyl (C=O) groups excluding carboxylic acids is 1. The zero-order valence-corrected chi connectivity index (χ0v) is 17.7. The summed E-state index contributed by atoms with van der Waals surface area (Å²) in [6.45, 7) is 0. The molecule has 0 spiro atoms. The third-order valence-corrected chi connectivity index (χ3v) is 5.94. The standard InChI is InChI=1S/C20H18N6O2S2/c1-28-17-10-6-5-9-16(17)26-20(23-24-25-26)29-13-18(27)22-19-21-12-15(30-19)11-14-7-3-2-4-8-14/h2-10,12H,11,13H2,1H3,(H,21,22,27). The lowest BCUT2D eigenvalue weighted by Gasteiger charge is -2.08. The SMILES string of the molecule is COc1ccccc1-n1nnnc1SCC(=O)Nc1ncc(Cc2ccccc2)s1. The molecule has 0 radical (unpaired) electrons. The number of carbonyl (C=O) groups is 1. The number of hydrogen-bond acceptors (Lipinski definition) is 8. The summed E-state index contributed by atoms with van der Waals surface area (Å²) in [4.78, 5) is 17.8. The van der Waals surface area contributed by atoms with Gasteiger partial charge in [0, 0.05) is 17.5 Å². The zero-order chi connectivity index (χ0) is 20.8. The second-order valence-corrected chi connectivity index (χ2v) is 8.23. The molecule has 2 aromatic carbocycles. The number of aromatic nitrogens is 5. The number of tetrazole rings is 1. The van der Waals surface area contributed by atoms with Crippen LogP contribution < -0.4 is 10.1 Å². The van der Waals surface area contributed by atoms with Crippen molar-refractivity contribution in [1.82, 2.24) is 25.2 Å². The zero-order valence-electron chi connectivity index (χ0n) is 16.1. The minimum absolute atomic E-state index is 0.156. The van der Waals surface area contributed by atoms with Gasteiger partial charge in [-0.15, -0.1) is 16.4 Å². The molecule has 0 aliphatic rings. The summed E-state index contributed by atoms with van der Waals surface area (Å²) in [5, 5.41) is 15.7. The van der Waals surface area contributed by atoms with Crippen molar-refractivity contribution >= 4 is 34.1 Å². The number of para-hydroxylation sites is 2. The van der Waals surface area contributed by atoms with E-state index in [0.717, 1.165) is 11.3 Å². The van der Waals surface area contributed by atoms with Crippen LogP contribution in [-0.2, 0) is 11.2 Å². The molecule has 0 bridgehead atoms. The van der Waals surface area contributed by atoms with Crippen molar-refractivity contribution in [3.05, 3.63) is 71.2 Å². The number of hydrogen-bond donors (Lipinski definition) is 1. The van der Waals surface area contributed by atoms with Gasteiger partial charge in [0.1, 0.15) is 11.4 Å². The van der Waals surface area contributed by atoms with Gasteiger partial charge in [0.15, 0.2) is 5.13 Å². The molecular formula is C20H18N6O2S2. The molecule has 4 rings (SSSR count). The van der Waals surface area contributed by atoms with Gasteiger partial charge in [-0.1, -0.05) is 54.2 Å². The van der Waals surface area contributed by atoms with E-state index < -0.39 is 0 Å². The van der Waals surface area contributed by atoms with E-state index in [-0.39, 0.29) is 11.7 Å². The summed E-state index contributed by atoms with van der Waals surface area (Å²) in [6, 6.07) is 17.6. The van der Waals surface area contributed by atoms with Crippen LogP contribution >= 0.6 is 23.1 Å². The number of anilines is 1. The van der Waals surface area contributed by atoms with Crippen molar-refractivity contribution in [2.75, 3.05) is 18.2 Å². The lowest BCUT2D eigenvalue weighted by molar-refractivity contribution is -0.113. The summed E-state index contributed by atoms with van der Waals surface area (Å²) in [6.07, 6.45) is 2.58. The van der Waals surface area contributed by atoms with Crippen LogP contribution in [0.4, 0.5) is 5.13 Å². The fourth-order valence-corrected chi connectivity index (χ4v) is 4.30. The highest BCUT2D eigenvalue weighted by Crippen LogP contribution is 2.26. The average Bonchev–Trinajstić information content (AvgIpc) is 3.42. The molecule has 0 fully saturated rings. The Balaban J connectivity index is 1.36. The van der Waals surface area contributed by atoms with E-state index in [4.69, 9.17) is 4.74 Å². The molecular weight excluding hydrogens is 420 g/mol. The van der Waals surface area contributed by atoms with Gasteiger partial charge in [0.2, 0.25) is 11.1 Å². The van der Waals surface area contributed by atoms with Crippen LogP contribution in [0, 0.1) is 0 Å². The van der Waals surface area contributed by atoms with E-state index in [1.807, 2.05) is 42.5 Å². The third kappa shape index (κ3) is 4.84. The van der Waals surface area contributed by atoms with Crippen molar-refractivity contribution < 1.29 is 9.53 Å². The van der Waals surface area contributed by atoms with Crippen LogP contribution in [0.15, 0.2) is 66.0 Å². The van der Waals surface area contributed by atoms with Crippen molar-refractivity contribution in [3.8, 4) is 11.4 Å². The lowest BCUT2D eigenvalue weighted by atomic mass is 10.1. The van der Waals surface area contributed by atoms with Gasteiger partial charge in [0.05, 0.1) is 12.9 Å². The third-order valence-electron chi connectivity index (χ3n) is 4.11. The maximum absolute atomic E-state index is 12.4. The number of benzene rings is 2. The highest BCUT2D eigenvalue weighted by molar-refractivity contribution is 7.99. The number of rotatable bonds is 8. The highest BCUT2D eigenvalue weighted by Gasteiger charge is 2.15. The normalized spacial score (nSPS) is 10.7. The fraction of sp³-hybridized carbons (Fsp3) is 0.150. The number of thioether (sulfide) groups is 1. The van der Waals surface area contributed by atoms with Crippen molar-refractivity contribution in [1.29, 1.82) is 0 Å². The largest absolute Gasteiger partial charge is 0.494 e. The molecule has 152 valence electrons. The van der Waals surface area contributed by atoms with E-state index in [1.54, 1.807) is 18.0 Å². The molecule has 8 nitrogen and oxygen atoms in total. The molecule has 0 aliphatic carbocycles. The Bertz CT molecular complexity index is 1130. The van der Waals surface area contributed by atoms with Crippen LogP contribution in [0.3, 0.4) is 0 Å². The van der Waals surface area contributed by atoms with Gasteiger partial charge in [-0.25, -0.2) is 4.98 Å². The Morgan fingerprint density at radius 3 is 2.80 bits per heavy atom. The first-order chi connectivity index (χ1) is 14.7. The molecule has 0 saturated heterocycles. The average molecular weight is 439 g/mol. The summed E-state index contributed by atoms with van der Waals surface area (Å²) < 4.78 is 6.92. The lowest BCUT2D eigenvalue weighted by Crippen LogP contribution is -2.14. The number of nitrogens with one attached hydrogen (secondary N) is 1. The van der Waals surface area contributed by atoms with Crippen molar-refractivity contribution in [3.63, 3.8) is 0 Å². The van der Waals surface area contributed by atoms with Gasteiger partial charge in [-0.2, -0.15) is 4.68 Å². The number of methoxy groups -OCH3 is 1. The quantitative estimate of drug-likeness (QED) is 0.421. The summed E-state index contributed by atoms with van der Waals surface area (Å²) >= 11 is 2.71. The van der Waals surface area contributed by atoms with Crippen molar-refractivity contribution in [2.24, 2.45) is 0 Å². The molecule has 10 heteroatoms. The molecule has 0 saturated carbocycles. The predicted molar refractivity (Wildman–Crippen MR) is 116 cm³/mol. The highest BCUT2D eigenvalue weighted by atomic mass is 32.2. The van der Waals surface area contributed by atoms with Crippen LogP contribution in [-0.4, -0.2) is 44.0 Å². The summed E-state index contributed by atoms with van der Waals surface area (Å²) in [5.41, 5.74) is 1.91.